The third kappa shape index (κ3) is 4.67. The Hall–Kier alpha value is 0.170. The van der Waals surface area contributed by atoms with E-state index in [1.807, 2.05) is 28.7 Å². The van der Waals surface area contributed by atoms with Crippen molar-refractivity contribution in [3.05, 3.63) is 28.4 Å². The Kier molecular flexibility index (Phi) is 7.10. The highest BCUT2D eigenvalue weighted by Gasteiger charge is 2.72. The molecule has 6 atom stereocenters. The molecule has 0 aromatic heterocycles. The van der Waals surface area contributed by atoms with Crippen LogP contribution in [0.5, 0.6) is 0 Å². The number of rotatable bonds is 6. The lowest BCUT2D eigenvalue weighted by atomic mass is 9.84. The summed E-state index contributed by atoms with van der Waals surface area (Å²) in [7, 11) is -8.71. The molecule has 1 saturated heterocycles. The van der Waals surface area contributed by atoms with E-state index in [9.17, 15) is 31.0 Å². The van der Waals surface area contributed by atoms with E-state index in [-0.39, 0.29) is 6.42 Å². The van der Waals surface area contributed by atoms with Crippen LogP contribution in [0.15, 0.2) is 12.1 Å². The summed E-state index contributed by atoms with van der Waals surface area (Å²) in [5.74, 6) is -4.90. The quantitative estimate of drug-likeness (QED) is 0.136. The molecule has 2 aliphatic carbocycles. The summed E-state index contributed by atoms with van der Waals surface area (Å²) in [4.78, 5) is 25.6. The van der Waals surface area contributed by atoms with Gasteiger partial charge in [-0.05, 0) is 86.3 Å². The lowest BCUT2D eigenvalue weighted by Crippen LogP contribution is -2.46. The van der Waals surface area contributed by atoms with Crippen molar-refractivity contribution in [3.63, 3.8) is 0 Å². The molecule has 1 heterocycles. The molecule has 10 nitrogen and oxygen atoms in total. The summed E-state index contributed by atoms with van der Waals surface area (Å²) in [5, 5.41) is -1.15. The molecule has 0 amide bonds. The zero-order chi connectivity index (χ0) is 23.6. The molecule has 32 heavy (non-hydrogen) atoms. The van der Waals surface area contributed by atoms with E-state index < -0.39 is 79.7 Å². The molecular formula is C17H14I3O10S2-. The molecule has 2 saturated carbocycles. The normalized spacial score (nSPS) is 32.1. The summed E-state index contributed by atoms with van der Waals surface area (Å²) < 4.78 is 75.6. The third-order valence-corrected chi connectivity index (χ3v) is 12.0. The van der Waals surface area contributed by atoms with Crippen LogP contribution in [0.4, 0.5) is 0 Å². The number of fused-ring (bicyclic) bond motifs is 1. The smallest absolute Gasteiger partial charge is 0.339 e. The van der Waals surface area contributed by atoms with Gasteiger partial charge in [-0.15, -0.1) is 0 Å². The standard InChI is InChI=1S/C17H15I3O10S2/c18-6-3-8(12(20)10(19)4-6)16(21)29-13-7-5-9-14(13)30-32(26,27)15(9)11(7)17(22)28-1-2-31(23,24)25/h3-4,7,9,11,13-15H,1-2,5H2,(H,23,24,25)/p-1. The lowest BCUT2D eigenvalue weighted by molar-refractivity contribution is -0.152. The maximum atomic E-state index is 12.9. The molecule has 0 spiro atoms. The van der Waals surface area contributed by atoms with Crippen LogP contribution in [-0.2, 0) is 38.7 Å². The van der Waals surface area contributed by atoms with Gasteiger partial charge >= 0.3 is 11.9 Å². The number of esters is 2. The highest BCUT2D eigenvalue weighted by molar-refractivity contribution is 14.1. The molecule has 176 valence electrons. The first-order chi connectivity index (χ1) is 14.8. The summed E-state index contributed by atoms with van der Waals surface area (Å²) in [5.41, 5.74) is 0.321. The van der Waals surface area contributed by atoms with E-state index in [0.29, 0.717) is 9.13 Å². The van der Waals surface area contributed by atoms with E-state index in [0.717, 1.165) is 7.14 Å². The van der Waals surface area contributed by atoms with E-state index in [2.05, 4.69) is 45.2 Å². The number of carbonyl (C=O) groups excluding carboxylic acids is 2. The van der Waals surface area contributed by atoms with Gasteiger partial charge in [0.05, 0.1) is 27.4 Å². The second kappa shape index (κ2) is 8.99. The average Bonchev–Trinajstić information content (AvgIpc) is 3.26. The molecule has 0 radical (unpaired) electrons. The average molecular weight is 823 g/mol. The molecular weight excluding hydrogens is 809 g/mol. The van der Waals surface area contributed by atoms with Crippen molar-refractivity contribution in [2.75, 3.05) is 12.4 Å². The monoisotopic (exact) mass is 823 g/mol. The molecule has 2 bridgehead atoms. The zero-order valence-electron chi connectivity index (χ0n) is 15.8. The highest BCUT2D eigenvalue weighted by atomic mass is 127. The van der Waals surface area contributed by atoms with Crippen molar-refractivity contribution in [1.82, 2.24) is 0 Å². The number of hydrogen-bond acceptors (Lipinski definition) is 10. The number of carbonyl (C=O) groups is 2. The Morgan fingerprint density at radius 3 is 2.53 bits per heavy atom. The molecule has 1 aromatic carbocycles. The van der Waals surface area contributed by atoms with Crippen LogP contribution in [0, 0.1) is 28.5 Å². The minimum absolute atomic E-state index is 0.285. The molecule has 1 aromatic rings. The van der Waals surface area contributed by atoms with Crippen molar-refractivity contribution in [2.45, 2.75) is 23.9 Å². The van der Waals surface area contributed by atoms with Crippen LogP contribution < -0.4 is 0 Å². The van der Waals surface area contributed by atoms with Gasteiger partial charge in [-0.2, -0.15) is 8.42 Å². The molecule has 4 rings (SSSR count). The second-order valence-electron chi connectivity index (χ2n) is 7.66. The Morgan fingerprint density at radius 2 is 1.88 bits per heavy atom. The summed E-state index contributed by atoms with van der Waals surface area (Å²) in [6.07, 6.45) is -1.58. The number of benzene rings is 1. The third-order valence-electron chi connectivity index (χ3n) is 5.83. The molecule has 3 fully saturated rings. The fourth-order valence-electron chi connectivity index (χ4n) is 4.69. The molecule has 0 N–H and O–H groups in total. The first-order valence-corrected chi connectivity index (χ1v) is 15.5. The van der Waals surface area contributed by atoms with E-state index >= 15 is 0 Å². The molecule has 6 unspecified atom stereocenters. The van der Waals surface area contributed by atoms with Crippen LogP contribution in [-0.4, -0.2) is 63.1 Å². The van der Waals surface area contributed by atoms with Gasteiger partial charge in [-0.1, -0.05) is 0 Å². The summed E-state index contributed by atoms with van der Waals surface area (Å²) in [6, 6.07) is 3.55. The van der Waals surface area contributed by atoms with Crippen LogP contribution >= 0.6 is 67.8 Å². The van der Waals surface area contributed by atoms with Crippen molar-refractivity contribution in [3.8, 4) is 0 Å². The van der Waals surface area contributed by atoms with Gasteiger partial charge in [0.25, 0.3) is 10.1 Å². The van der Waals surface area contributed by atoms with Crippen molar-refractivity contribution < 1.29 is 44.6 Å². The van der Waals surface area contributed by atoms with Crippen molar-refractivity contribution in [2.24, 2.45) is 17.8 Å². The maximum absolute atomic E-state index is 12.9. The van der Waals surface area contributed by atoms with Crippen molar-refractivity contribution >= 4 is 99.9 Å². The van der Waals surface area contributed by atoms with Crippen LogP contribution in [0.25, 0.3) is 0 Å². The van der Waals surface area contributed by atoms with Gasteiger partial charge < -0.3 is 14.0 Å². The maximum Gasteiger partial charge on any atom is 0.339 e. The Bertz CT molecular complexity index is 1200. The number of ether oxygens (including phenoxy) is 2. The van der Waals surface area contributed by atoms with E-state index in [4.69, 9.17) is 13.7 Å². The SMILES string of the molecule is O=C(OC1C2CC3C1OS(=O)(=O)C3C2C(=O)OCCS(=O)(=O)[O-])c1cc(I)cc(I)c1I. The number of halogens is 3. The molecule has 15 heteroatoms. The predicted octanol–water partition coefficient (Wildman–Crippen LogP) is 1.48. The first-order valence-electron chi connectivity index (χ1n) is 9.18. The van der Waals surface area contributed by atoms with Gasteiger partial charge in [0.2, 0.25) is 0 Å². The Labute approximate surface area is 224 Å². The fourth-order valence-corrected chi connectivity index (χ4v) is 9.41. The lowest BCUT2D eigenvalue weighted by Gasteiger charge is -2.30. The molecule has 3 aliphatic rings. The van der Waals surface area contributed by atoms with E-state index in [1.165, 1.54) is 0 Å². The Balaban J connectivity index is 1.57. The predicted molar refractivity (Wildman–Crippen MR) is 132 cm³/mol. The minimum Gasteiger partial charge on any atom is -0.748 e. The van der Waals surface area contributed by atoms with Crippen LogP contribution in [0.1, 0.15) is 16.8 Å². The van der Waals surface area contributed by atoms with Crippen molar-refractivity contribution in [1.29, 1.82) is 0 Å². The highest BCUT2D eigenvalue weighted by Crippen LogP contribution is 2.58. The van der Waals surface area contributed by atoms with Crippen LogP contribution in [0.3, 0.4) is 0 Å². The van der Waals surface area contributed by atoms with Gasteiger partial charge in [-0.25, -0.2) is 13.2 Å². The van der Waals surface area contributed by atoms with Gasteiger partial charge in [-0.3, -0.25) is 8.98 Å². The topological polar surface area (TPSA) is 153 Å². The summed E-state index contributed by atoms with van der Waals surface area (Å²) in [6.45, 7) is -0.681. The summed E-state index contributed by atoms with van der Waals surface area (Å²) >= 11 is 6.19. The van der Waals surface area contributed by atoms with Gasteiger partial charge in [0.15, 0.2) is 0 Å². The fraction of sp³-hybridized carbons (Fsp3) is 0.529. The largest absolute Gasteiger partial charge is 0.748 e. The van der Waals surface area contributed by atoms with Crippen LogP contribution in [0.2, 0.25) is 0 Å². The second-order valence-corrected chi connectivity index (χ2v) is 14.4. The molecule has 1 aliphatic heterocycles. The Morgan fingerprint density at radius 1 is 1.19 bits per heavy atom. The first kappa shape index (κ1) is 25.3. The minimum atomic E-state index is -4.60. The van der Waals surface area contributed by atoms with E-state index in [1.54, 1.807) is 6.07 Å². The number of hydrogen-bond donors (Lipinski definition) is 0. The van der Waals surface area contributed by atoms with Gasteiger partial charge in [0, 0.05) is 22.5 Å². The van der Waals surface area contributed by atoms with Gasteiger partial charge in [0.1, 0.15) is 24.1 Å². The zero-order valence-corrected chi connectivity index (χ0v) is 23.9.